The number of benzene rings is 1. The van der Waals surface area contributed by atoms with Gasteiger partial charge in [0.2, 0.25) is 5.91 Å². The van der Waals surface area contributed by atoms with Crippen LogP contribution >= 0.6 is 0 Å². The predicted molar refractivity (Wildman–Crippen MR) is 103 cm³/mol. The molecule has 7 nitrogen and oxygen atoms in total. The van der Waals surface area contributed by atoms with E-state index in [0.717, 1.165) is 35.2 Å². The summed E-state index contributed by atoms with van der Waals surface area (Å²) in [6.45, 7) is 6.00. The van der Waals surface area contributed by atoms with Crippen molar-refractivity contribution < 1.29 is 14.3 Å². The van der Waals surface area contributed by atoms with Gasteiger partial charge in [-0.05, 0) is 50.3 Å². The lowest BCUT2D eigenvalue weighted by Crippen LogP contribution is -2.23. The number of carbonyl (C=O) groups excluding carboxylic acids is 2. The average Bonchev–Trinajstić information content (AvgIpc) is 3.50. The van der Waals surface area contributed by atoms with Crippen molar-refractivity contribution >= 4 is 29.0 Å². The van der Waals surface area contributed by atoms with Crippen molar-refractivity contribution in [2.24, 2.45) is 5.92 Å². The molecule has 4 rings (SSSR count). The molecule has 1 saturated carbocycles. The summed E-state index contributed by atoms with van der Waals surface area (Å²) in [5.41, 5.74) is 4.81. The molecule has 2 amide bonds. The Morgan fingerprint density at radius 2 is 1.89 bits per heavy atom. The van der Waals surface area contributed by atoms with Crippen LogP contribution in [0.3, 0.4) is 0 Å². The topological polar surface area (TPSA) is 92.4 Å². The first kappa shape index (κ1) is 17.3. The Balaban J connectivity index is 1.85. The second-order valence-corrected chi connectivity index (χ2v) is 7.13. The van der Waals surface area contributed by atoms with E-state index in [-0.39, 0.29) is 17.7 Å². The Morgan fingerprint density at radius 3 is 2.56 bits per heavy atom. The highest BCUT2D eigenvalue weighted by Crippen LogP contribution is 2.50. The third kappa shape index (κ3) is 2.89. The Morgan fingerprint density at radius 1 is 1.15 bits per heavy atom. The molecule has 0 bridgehead atoms. The molecule has 0 saturated heterocycles. The average molecular weight is 366 g/mol. The highest BCUT2D eigenvalue weighted by molar-refractivity contribution is 6.05. The zero-order valence-electron chi connectivity index (χ0n) is 15.8. The zero-order valence-corrected chi connectivity index (χ0v) is 15.8. The molecule has 1 fully saturated rings. The van der Waals surface area contributed by atoms with Gasteiger partial charge in [0.05, 0.1) is 11.3 Å². The number of pyridine rings is 1. The van der Waals surface area contributed by atoms with Crippen LogP contribution < -0.4 is 20.7 Å². The number of nitrogens with one attached hydrogen (secondary N) is 3. The standard InChI is InChI=1S/C20H22N4O3/c1-9-7-10(2)14-16(11(9)3)27-17-15(23-14)13(20(26)21-4)8-22-18(17)24-19(25)12-5-6-12/h7-8,12,23H,5-6H2,1-4H3,(H,21,26)(H,22,24,25). The van der Waals surface area contributed by atoms with E-state index in [4.69, 9.17) is 4.74 Å². The van der Waals surface area contributed by atoms with Crippen molar-refractivity contribution in [2.75, 3.05) is 17.7 Å². The van der Waals surface area contributed by atoms with Crippen molar-refractivity contribution in [1.82, 2.24) is 10.3 Å². The molecule has 27 heavy (non-hydrogen) atoms. The quantitative estimate of drug-likeness (QED) is 0.659. The number of aromatic nitrogens is 1. The molecule has 1 aliphatic heterocycles. The highest BCUT2D eigenvalue weighted by atomic mass is 16.5. The van der Waals surface area contributed by atoms with E-state index in [2.05, 4.69) is 27.0 Å². The molecule has 2 aliphatic rings. The van der Waals surface area contributed by atoms with E-state index < -0.39 is 0 Å². The minimum atomic E-state index is -0.278. The number of anilines is 3. The third-order valence-electron chi connectivity index (χ3n) is 5.14. The summed E-state index contributed by atoms with van der Waals surface area (Å²) in [5, 5.41) is 8.81. The van der Waals surface area contributed by atoms with Crippen LogP contribution in [0.15, 0.2) is 12.3 Å². The fourth-order valence-electron chi connectivity index (χ4n) is 3.24. The number of fused-ring (bicyclic) bond motifs is 2. The number of rotatable bonds is 3. The van der Waals surface area contributed by atoms with E-state index in [1.54, 1.807) is 7.05 Å². The molecule has 1 aromatic heterocycles. The van der Waals surface area contributed by atoms with Crippen molar-refractivity contribution in [2.45, 2.75) is 33.6 Å². The molecule has 0 spiro atoms. The van der Waals surface area contributed by atoms with Gasteiger partial charge in [-0.3, -0.25) is 9.59 Å². The lowest BCUT2D eigenvalue weighted by molar-refractivity contribution is -0.117. The van der Waals surface area contributed by atoms with Gasteiger partial charge in [0, 0.05) is 19.2 Å². The Labute approximate surface area is 157 Å². The van der Waals surface area contributed by atoms with Crippen LogP contribution in [0.2, 0.25) is 0 Å². The summed E-state index contributed by atoms with van der Waals surface area (Å²) in [6.07, 6.45) is 3.24. The van der Waals surface area contributed by atoms with Crippen LogP contribution in [0.5, 0.6) is 11.5 Å². The summed E-state index contributed by atoms with van der Waals surface area (Å²) in [4.78, 5) is 28.9. The van der Waals surface area contributed by atoms with Gasteiger partial charge in [0.1, 0.15) is 5.69 Å². The number of carbonyl (C=O) groups is 2. The maximum atomic E-state index is 12.3. The summed E-state index contributed by atoms with van der Waals surface area (Å²) in [7, 11) is 1.56. The van der Waals surface area contributed by atoms with E-state index in [1.807, 2.05) is 20.8 Å². The molecule has 1 aromatic carbocycles. The van der Waals surface area contributed by atoms with E-state index >= 15 is 0 Å². The SMILES string of the molecule is CNC(=O)c1cnc(NC(=O)C2CC2)c2c1Nc1c(C)cc(C)c(C)c1O2. The van der Waals surface area contributed by atoms with Gasteiger partial charge in [-0.15, -0.1) is 0 Å². The molecule has 1 aliphatic carbocycles. The molecular weight excluding hydrogens is 344 g/mol. The van der Waals surface area contributed by atoms with Crippen LogP contribution in [0, 0.1) is 26.7 Å². The van der Waals surface area contributed by atoms with E-state index in [0.29, 0.717) is 28.6 Å². The van der Waals surface area contributed by atoms with Crippen molar-refractivity contribution in [3.8, 4) is 11.5 Å². The second kappa shape index (κ2) is 6.26. The summed E-state index contributed by atoms with van der Waals surface area (Å²) >= 11 is 0. The maximum Gasteiger partial charge on any atom is 0.254 e. The molecule has 140 valence electrons. The molecular formula is C20H22N4O3. The zero-order chi connectivity index (χ0) is 19.3. The first-order valence-electron chi connectivity index (χ1n) is 9.02. The number of hydrogen-bond acceptors (Lipinski definition) is 5. The van der Waals surface area contributed by atoms with Crippen LogP contribution in [-0.4, -0.2) is 23.8 Å². The van der Waals surface area contributed by atoms with Gasteiger partial charge >= 0.3 is 0 Å². The number of ether oxygens (including phenoxy) is 1. The molecule has 2 aromatic rings. The number of nitrogens with zero attached hydrogens (tertiary/aromatic N) is 1. The second-order valence-electron chi connectivity index (χ2n) is 7.13. The van der Waals surface area contributed by atoms with Crippen molar-refractivity contribution in [1.29, 1.82) is 0 Å². The van der Waals surface area contributed by atoms with E-state index in [1.165, 1.54) is 6.20 Å². The largest absolute Gasteiger partial charge is 0.449 e. The summed E-state index contributed by atoms with van der Waals surface area (Å²) < 4.78 is 6.22. The lowest BCUT2D eigenvalue weighted by Gasteiger charge is -2.28. The Kier molecular flexibility index (Phi) is 4.02. The molecule has 7 heteroatoms. The third-order valence-corrected chi connectivity index (χ3v) is 5.14. The summed E-state index contributed by atoms with van der Waals surface area (Å²) in [6, 6.07) is 2.08. The van der Waals surface area contributed by atoms with Crippen molar-refractivity contribution in [3.63, 3.8) is 0 Å². The molecule has 3 N–H and O–H groups in total. The van der Waals surface area contributed by atoms with Gasteiger partial charge in [-0.1, -0.05) is 6.07 Å². The van der Waals surface area contributed by atoms with Gasteiger partial charge in [-0.2, -0.15) is 0 Å². The Hall–Kier alpha value is -3.09. The molecule has 0 radical (unpaired) electrons. The molecule has 0 unspecified atom stereocenters. The van der Waals surface area contributed by atoms with Crippen LogP contribution in [0.4, 0.5) is 17.2 Å². The molecule has 2 heterocycles. The van der Waals surface area contributed by atoms with Crippen LogP contribution in [0.1, 0.15) is 39.9 Å². The van der Waals surface area contributed by atoms with Crippen LogP contribution in [0.25, 0.3) is 0 Å². The smallest absolute Gasteiger partial charge is 0.254 e. The van der Waals surface area contributed by atoms with Gasteiger partial charge in [-0.25, -0.2) is 4.98 Å². The van der Waals surface area contributed by atoms with Crippen molar-refractivity contribution in [3.05, 3.63) is 34.5 Å². The lowest BCUT2D eigenvalue weighted by atomic mass is 10.0. The number of aryl methyl sites for hydroxylation is 2. The monoisotopic (exact) mass is 366 g/mol. The fourth-order valence-corrected chi connectivity index (χ4v) is 3.24. The van der Waals surface area contributed by atoms with Gasteiger partial charge < -0.3 is 20.7 Å². The predicted octanol–water partition coefficient (Wildman–Crippen LogP) is 3.56. The first-order valence-corrected chi connectivity index (χ1v) is 9.02. The highest BCUT2D eigenvalue weighted by Gasteiger charge is 2.33. The fraction of sp³-hybridized carbons (Fsp3) is 0.350. The number of amides is 2. The maximum absolute atomic E-state index is 12.3. The van der Waals surface area contributed by atoms with Gasteiger partial charge in [0.25, 0.3) is 5.91 Å². The first-order chi connectivity index (χ1) is 12.9. The molecule has 0 atom stereocenters. The minimum absolute atomic E-state index is 0.0381. The normalized spacial score (nSPS) is 14.4. The summed E-state index contributed by atoms with van der Waals surface area (Å²) in [5.74, 6) is 1.08. The van der Waals surface area contributed by atoms with Gasteiger partial charge in [0.15, 0.2) is 17.3 Å². The van der Waals surface area contributed by atoms with Crippen LogP contribution in [-0.2, 0) is 4.79 Å². The number of hydrogen-bond donors (Lipinski definition) is 3. The minimum Gasteiger partial charge on any atom is -0.449 e. The Bertz CT molecular complexity index is 980. The van der Waals surface area contributed by atoms with E-state index in [9.17, 15) is 9.59 Å².